The first kappa shape index (κ1) is 12.0. The summed E-state index contributed by atoms with van der Waals surface area (Å²) in [5.41, 5.74) is 2.93. The number of nitrogens with two attached hydrogens (primary N) is 1. The van der Waals surface area contributed by atoms with E-state index in [0.717, 1.165) is 13.0 Å². The molecule has 1 saturated heterocycles. The SMILES string of the molecule is CCCC(C)C(NN)C1CCCCO1. The van der Waals surface area contributed by atoms with Crippen LogP contribution in [0.15, 0.2) is 0 Å². The lowest BCUT2D eigenvalue weighted by Crippen LogP contribution is -2.50. The highest BCUT2D eigenvalue weighted by Crippen LogP contribution is 2.22. The Morgan fingerprint density at radius 1 is 1.50 bits per heavy atom. The van der Waals surface area contributed by atoms with Crippen molar-refractivity contribution in [3.05, 3.63) is 0 Å². The molecule has 0 aliphatic carbocycles. The van der Waals surface area contributed by atoms with E-state index in [-0.39, 0.29) is 0 Å². The first-order valence-corrected chi connectivity index (χ1v) is 5.87. The molecular formula is C11H24N2O. The minimum absolute atomic E-state index is 0.329. The third-order valence-corrected chi connectivity index (χ3v) is 3.16. The van der Waals surface area contributed by atoms with Crippen LogP contribution in [-0.2, 0) is 4.74 Å². The highest BCUT2D eigenvalue weighted by molar-refractivity contribution is 4.81. The van der Waals surface area contributed by atoms with E-state index in [1.807, 2.05) is 0 Å². The lowest BCUT2D eigenvalue weighted by atomic mass is 9.90. The predicted octanol–water partition coefficient (Wildman–Crippen LogP) is 1.82. The molecule has 3 unspecified atom stereocenters. The maximum Gasteiger partial charge on any atom is 0.0744 e. The number of hydrazine groups is 1. The summed E-state index contributed by atoms with van der Waals surface area (Å²) in [6.45, 7) is 5.37. The molecule has 0 saturated carbocycles. The standard InChI is InChI=1S/C11H24N2O/c1-3-6-9(2)11(13-12)10-7-4-5-8-14-10/h9-11,13H,3-8,12H2,1-2H3. The second-order valence-electron chi connectivity index (χ2n) is 4.36. The minimum Gasteiger partial charge on any atom is -0.377 e. The average Bonchev–Trinajstić information content (AvgIpc) is 2.21. The van der Waals surface area contributed by atoms with E-state index in [9.17, 15) is 0 Å². The molecule has 1 rings (SSSR count). The fourth-order valence-corrected chi connectivity index (χ4v) is 2.32. The van der Waals surface area contributed by atoms with Crippen molar-refractivity contribution in [3.8, 4) is 0 Å². The normalized spacial score (nSPS) is 27.2. The molecule has 3 atom stereocenters. The lowest BCUT2D eigenvalue weighted by molar-refractivity contribution is -0.0202. The van der Waals surface area contributed by atoms with Gasteiger partial charge in [0.25, 0.3) is 0 Å². The third kappa shape index (κ3) is 3.23. The Balaban J connectivity index is 2.41. The Kier molecular flexibility index (Phi) is 5.45. The summed E-state index contributed by atoms with van der Waals surface area (Å²) in [6, 6.07) is 0.329. The van der Waals surface area contributed by atoms with Gasteiger partial charge in [-0.25, -0.2) is 0 Å². The van der Waals surface area contributed by atoms with Gasteiger partial charge in [0, 0.05) is 12.6 Å². The molecule has 14 heavy (non-hydrogen) atoms. The van der Waals surface area contributed by atoms with E-state index >= 15 is 0 Å². The van der Waals surface area contributed by atoms with Crippen molar-refractivity contribution >= 4 is 0 Å². The van der Waals surface area contributed by atoms with Gasteiger partial charge in [-0.3, -0.25) is 11.3 Å². The van der Waals surface area contributed by atoms with Crippen molar-refractivity contribution in [1.29, 1.82) is 0 Å². The van der Waals surface area contributed by atoms with Crippen LogP contribution in [0.25, 0.3) is 0 Å². The van der Waals surface area contributed by atoms with Crippen molar-refractivity contribution in [2.75, 3.05) is 6.61 Å². The summed E-state index contributed by atoms with van der Waals surface area (Å²) >= 11 is 0. The Morgan fingerprint density at radius 3 is 2.79 bits per heavy atom. The zero-order valence-corrected chi connectivity index (χ0v) is 9.46. The summed E-state index contributed by atoms with van der Waals surface area (Å²) in [6.07, 6.45) is 6.40. The van der Waals surface area contributed by atoms with Gasteiger partial charge in [0.15, 0.2) is 0 Å². The fraction of sp³-hybridized carbons (Fsp3) is 1.00. The molecule has 1 aliphatic heterocycles. The predicted molar refractivity (Wildman–Crippen MR) is 58.8 cm³/mol. The molecule has 0 aromatic rings. The van der Waals surface area contributed by atoms with Gasteiger partial charge in [-0.1, -0.05) is 20.3 Å². The van der Waals surface area contributed by atoms with E-state index in [0.29, 0.717) is 18.1 Å². The van der Waals surface area contributed by atoms with Crippen LogP contribution in [-0.4, -0.2) is 18.8 Å². The molecule has 3 N–H and O–H groups in total. The van der Waals surface area contributed by atoms with Crippen LogP contribution < -0.4 is 11.3 Å². The van der Waals surface area contributed by atoms with Gasteiger partial charge >= 0.3 is 0 Å². The number of hydrogen-bond donors (Lipinski definition) is 2. The summed E-state index contributed by atoms with van der Waals surface area (Å²) in [5, 5.41) is 0. The Hall–Kier alpha value is -0.120. The van der Waals surface area contributed by atoms with E-state index in [1.54, 1.807) is 0 Å². The second kappa shape index (κ2) is 6.38. The van der Waals surface area contributed by atoms with E-state index in [1.165, 1.54) is 25.7 Å². The van der Waals surface area contributed by atoms with Crippen molar-refractivity contribution in [3.63, 3.8) is 0 Å². The topological polar surface area (TPSA) is 47.3 Å². The second-order valence-corrected chi connectivity index (χ2v) is 4.36. The number of hydrogen-bond acceptors (Lipinski definition) is 3. The van der Waals surface area contributed by atoms with Crippen molar-refractivity contribution in [1.82, 2.24) is 5.43 Å². The average molecular weight is 200 g/mol. The van der Waals surface area contributed by atoms with Crippen LogP contribution in [0.5, 0.6) is 0 Å². The molecule has 0 aromatic heterocycles. The quantitative estimate of drug-likeness (QED) is 0.526. The molecule has 1 fully saturated rings. The van der Waals surface area contributed by atoms with Crippen LogP contribution in [0.4, 0.5) is 0 Å². The number of ether oxygens (including phenoxy) is 1. The van der Waals surface area contributed by atoms with Crippen molar-refractivity contribution in [2.24, 2.45) is 11.8 Å². The van der Waals surface area contributed by atoms with Gasteiger partial charge in [-0.15, -0.1) is 0 Å². The largest absolute Gasteiger partial charge is 0.377 e. The van der Waals surface area contributed by atoms with Crippen molar-refractivity contribution < 1.29 is 4.74 Å². The molecule has 1 aliphatic rings. The Labute approximate surface area is 87.4 Å². The molecule has 3 heteroatoms. The summed E-state index contributed by atoms with van der Waals surface area (Å²) in [4.78, 5) is 0. The zero-order chi connectivity index (χ0) is 10.4. The summed E-state index contributed by atoms with van der Waals surface area (Å²) in [5.74, 6) is 6.21. The smallest absolute Gasteiger partial charge is 0.0744 e. The first-order valence-electron chi connectivity index (χ1n) is 5.87. The first-order chi connectivity index (χ1) is 6.79. The Bertz CT molecular complexity index is 146. The van der Waals surface area contributed by atoms with Gasteiger partial charge in [-0.05, 0) is 31.6 Å². The third-order valence-electron chi connectivity index (χ3n) is 3.16. The van der Waals surface area contributed by atoms with Gasteiger partial charge in [0.1, 0.15) is 0 Å². The molecule has 0 aromatic carbocycles. The fourth-order valence-electron chi connectivity index (χ4n) is 2.32. The highest BCUT2D eigenvalue weighted by atomic mass is 16.5. The van der Waals surface area contributed by atoms with E-state index < -0.39 is 0 Å². The van der Waals surface area contributed by atoms with Crippen LogP contribution >= 0.6 is 0 Å². The summed E-state index contributed by atoms with van der Waals surface area (Å²) < 4.78 is 5.76. The molecule has 3 nitrogen and oxygen atoms in total. The van der Waals surface area contributed by atoms with Gasteiger partial charge in [0.2, 0.25) is 0 Å². The molecule has 1 heterocycles. The molecule has 0 bridgehead atoms. The van der Waals surface area contributed by atoms with Gasteiger partial charge in [-0.2, -0.15) is 0 Å². The number of nitrogens with one attached hydrogen (secondary N) is 1. The molecule has 0 radical (unpaired) electrons. The zero-order valence-electron chi connectivity index (χ0n) is 9.46. The van der Waals surface area contributed by atoms with Gasteiger partial charge < -0.3 is 4.74 Å². The monoisotopic (exact) mass is 200 g/mol. The summed E-state index contributed by atoms with van der Waals surface area (Å²) in [7, 11) is 0. The highest BCUT2D eigenvalue weighted by Gasteiger charge is 2.27. The van der Waals surface area contributed by atoms with Crippen LogP contribution in [0.2, 0.25) is 0 Å². The van der Waals surface area contributed by atoms with E-state index in [4.69, 9.17) is 10.6 Å². The minimum atomic E-state index is 0.329. The van der Waals surface area contributed by atoms with Crippen LogP contribution in [0, 0.1) is 5.92 Å². The maximum absolute atomic E-state index is 5.76. The van der Waals surface area contributed by atoms with Crippen molar-refractivity contribution in [2.45, 2.75) is 58.1 Å². The van der Waals surface area contributed by atoms with Crippen LogP contribution in [0.1, 0.15) is 46.0 Å². The molecule has 84 valence electrons. The van der Waals surface area contributed by atoms with Crippen LogP contribution in [0.3, 0.4) is 0 Å². The van der Waals surface area contributed by atoms with E-state index in [2.05, 4.69) is 19.3 Å². The number of rotatable bonds is 5. The Morgan fingerprint density at radius 2 is 2.29 bits per heavy atom. The lowest BCUT2D eigenvalue weighted by Gasteiger charge is -2.33. The molecule has 0 amide bonds. The molecule has 0 spiro atoms. The maximum atomic E-state index is 5.76. The van der Waals surface area contributed by atoms with Gasteiger partial charge in [0.05, 0.1) is 6.10 Å². The molecular weight excluding hydrogens is 176 g/mol.